The maximum absolute atomic E-state index is 11.6. The number of rotatable bonds is 6. The van der Waals surface area contributed by atoms with Crippen LogP contribution in [0.5, 0.6) is 0 Å². The highest BCUT2D eigenvalue weighted by Gasteiger charge is 2.15. The van der Waals surface area contributed by atoms with E-state index in [1.165, 1.54) is 11.4 Å². The van der Waals surface area contributed by atoms with Crippen LogP contribution in [0.3, 0.4) is 0 Å². The van der Waals surface area contributed by atoms with E-state index in [2.05, 4.69) is 5.32 Å². The van der Waals surface area contributed by atoms with E-state index in [-0.39, 0.29) is 29.4 Å². The number of carbonyl (C=O) groups excluding carboxylic acids is 1. The normalized spacial score (nSPS) is 11.8. The smallest absolute Gasteiger partial charge is 0.324 e. The standard InChI is InChI=1S/C10H12N2O5S/c1-6(2-9(13)14)4-11-10(15)7-3-8(12(16)17)18-5-7/h3,5-6H,2,4H2,1H3,(H,11,15)(H,13,14). The predicted octanol–water partition coefficient (Wildman–Crippen LogP) is 1.50. The maximum Gasteiger partial charge on any atom is 0.324 e. The molecule has 18 heavy (non-hydrogen) atoms. The zero-order valence-corrected chi connectivity index (χ0v) is 10.4. The average Bonchev–Trinajstić information content (AvgIpc) is 2.74. The molecule has 0 bridgehead atoms. The molecule has 1 aromatic heterocycles. The van der Waals surface area contributed by atoms with Gasteiger partial charge in [-0.05, 0) is 5.92 Å². The average molecular weight is 272 g/mol. The van der Waals surface area contributed by atoms with Crippen molar-refractivity contribution in [3.63, 3.8) is 0 Å². The zero-order valence-electron chi connectivity index (χ0n) is 9.58. The highest BCUT2D eigenvalue weighted by atomic mass is 32.1. The second-order valence-electron chi connectivity index (χ2n) is 3.84. The Labute approximate surface area is 107 Å². The van der Waals surface area contributed by atoms with Gasteiger partial charge >= 0.3 is 11.0 Å². The van der Waals surface area contributed by atoms with Crippen molar-refractivity contribution in [2.24, 2.45) is 5.92 Å². The Kier molecular flexibility index (Phi) is 4.78. The first-order chi connectivity index (χ1) is 8.40. The highest BCUT2D eigenvalue weighted by Crippen LogP contribution is 2.22. The summed E-state index contributed by atoms with van der Waals surface area (Å²) in [6, 6.07) is 1.20. The molecule has 0 fully saturated rings. The van der Waals surface area contributed by atoms with Gasteiger partial charge in [0.05, 0.1) is 10.5 Å². The largest absolute Gasteiger partial charge is 0.481 e. The molecule has 1 unspecified atom stereocenters. The van der Waals surface area contributed by atoms with E-state index >= 15 is 0 Å². The minimum Gasteiger partial charge on any atom is -0.481 e. The number of nitrogens with zero attached hydrogens (tertiary/aromatic N) is 1. The summed E-state index contributed by atoms with van der Waals surface area (Å²) in [5, 5.41) is 22.8. The molecule has 0 aliphatic heterocycles. The number of hydrogen-bond acceptors (Lipinski definition) is 5. The number of nitro groups is 1. The van der Waals surface area contributed by atoms with Crippen molar-refractivity contribution in [1.82, 2.24) is 5.32 Å². The van der Waals surface area contributed by atoms with Gasteiger partial charge in [-0.15, -0.1) is 0 Å². The van der Waals surface area contributed by atoms with Crippen molar-refractivity contribution in [2.75, 3.05) is 6.54 Å². The first-order valence-electron chi connectivity index (χ1n) is 5.13. The molecule has 1 rings (SSSR count). The lowest BCUT2D eigenvalue weighted by atomic mass is 10.1. The molecule has 0 spiro atoms. The van der Waals surface area contributed by atoms with E-state index < -0.39 is 16.8 Å². The van der Waals surface area contributed by atoms with E-state index in [9.17, 15) is 19.7 Å². The quantitative estimate of drug-likeness (QED) is 0.602. The third-order valence-electron chi connectivity index (χ3n) is 2.16. The number of thiophene rings is 1. The lowest BCUT2D eigenvalue weighted by Crippen LogP contribution is -2.28. The van der Waals surface area contributed by atoms with Gasteiger partial charge in [0.1, 0.15) is 0 Å². The SMILES string of the molecule is CC(CNC(=O)c1csc([N+](=O)[O-])c1)CC(=O)O. The van der Waals surface area contributed by atoms with Gasteiger partial charge in [-0.1, -0.05) is 18.3 Å². The van der Waals surface area contributed by atoms with Crippen LogP contribution in [0.25, 0.3) is 0 Å². The topological polar surface area (TPSA) is 110 Å². The Bertz CT molecular complexity index is 471. The van der Waals surface area contributed by atoms with E-state index in [4.69, 9.17) is 5.11 Å². The number of amides is 1. The highest BCUT2D eigenvalue weighted by molar-refractivity contribution is 7.13. The second-order valence-corrected chi connectivity index (χ2v) is 4.73. The Balaban J connectivity index is 2.49. The molecule has 0 saturated heterocycles. The van der Waals surface area contributed by atoms with Crippen LogP contribution in [0.4, 0.5) is 5.00 Å². The van der Waals surface area contributed by atoms with Crippen LogP contribution in [0.1, 0.15) is 23.7 Å². The number of nitrogens with one attached hydrogen (secondary N) is 1. The molecular weight excluding hydrogens is 260 g/mol. The maximum atomic E-state index is 11.6. The zero-order chi connectivity index (χ0) is 13.7. The van der Waals surface area contributed by atoms with Gasteiger partial charge < -0.3 is 10.4 Å². The van der Waals surface area contributed by atoms with Crippen molar-refractivity contribution in [2.45, 2.75) is 13.3 Å². The van der Waals surface area contributed by atoms with E-state index in [1.54, 1.807) is 6.92 Å². The van der Waals surface area contributed by atoms with Gasteiger partial charge in [0.2, 0.25) is 0 Å². The molecule has 0 radical (unpaired) electrons. The molecule has 1 heterocycles. The molecule has 2 N–H and O–H groups in total. The van der Waals surface area contributed by atoms with Crippen LogP contribution in [-0.4, -0.2) is 28.5 Å². The van der Waals surface area contributed by atoms with E-state index in [0.717, 1.165) is 11.3 Å². The van der Waals surface area contributed by atoms with E-state index in [0.29, 0.717) is 0 Å². The van der Waals surface area contributed by atoms with E-state index in [1.807, 2.05) is 0 Å². The third kappa shape index (κ3) is 4.13. The summed E-state index contributed by atoms with van der Waals surface area (Å²) in [6.45, 7) is 1.92. The molecule has 0 aromatic carbocycles. The minimum atomic E-state index is -0.928. The fraction of sp³-hybridized carbons (Fsp3) is 0.400. The molecule has 7 nitrogen and oxygen atoms in total. The first kappa shape index (κ1) is 14.1. The fourth-order valence-electron chi connectivity index (χ4n) is 1.28. The first-order valence-corrected chi connectivity index (χ1v) is 6.01. The van der Waals surface area contributed by atoms with Crippen LogP contribution in [0, 0.1) is 16.0 Å². The molecule has 1 amide bonds. The fourth-order valence-corrected chi connectivity index (χ4v) is 1.98. The summed E-state index contributed by atoms with van der Waals surface area (Å²) in [5.74, 6) is -1.56. The molecule has 1 aromatic rings. The van der Waals surface area contributed by atoms with Gasteiger partial charge in [0, 0.05) is 24.4 Å². The van der Waals surface area contributed by atoms with Crippen LogP contribution in [-0.2, 0) is 4.79 Å². The van der Waals surface area contributed by atoms with Gasteiger partial charge in [-0.2, -0.15) is 0 Å². The van der Waals surface area contributed by atoms with Crippen molar-refractivity contribution in [3.8, 4) is 0 Å². The minimum absolute atomic E-state index is 0.0376. The Morgan fingerprint density at radius 1 is 1.61 bits per heavy atom. The second kappa shape index (κ2) is 6.10. The van der Waals surface area contributed by atoms with Gasteiger partial charge in [-0.3, -0.25) is 19.7 Å². The Morgan fingerprint density at radius 3 is 2.78 bits per heavy atom. The molecular formula is C10H12N2O5S. The lowest BCUT2D eigenvalue weighted by Gasteiger charge is -2.09. The molecule has 98 valence electrons. The molecule has 0 saturated carbocycles. The molecule has 8 heteroatoms. The summed E-state index contributed by atoms with van der Waals surface area (Å²) in [5.41, 5.74) is 0.217. The van der Waals surface area contributed by atoms with Crippen molar-refractivity contribution in [3.05, 3.63) is 27.1 Å². The number of carboxylic acid groups (broad SMARTS) is 1. The molecule has 0 aliphatic rings. The van der Waals surface area contributed by atoms with Crippen molar-refractivity contribution < 1.29 is 19.6 Å². The number of aliphatic carboxylic acids is 1. The van der Waals surface area contributed by atoms with Crippen LogP contribution in [0.2, 0.25) is 0 Å². The van der Waals surface area contributed by atoms with Gasteiger partial charge in [0.25, 0.3) is 5.91 Å². The van der Waals surface area contributed by atoms with Gasteiger partial charge in [0.15, 0.2) is 0 Å². The monoisotopic (exact) mass is 272 g/mol. The summed E-state index contributed by atoms with van der Waals surface area (Å²) in [4.78, 5) is 31.9. The van der Waals surface area contributed by atoms with Gasteiger partial charge in [-0.25, -0.2) is 0 Å². The van der Waals surface area contributed by atoms with Crippen LogP contribution in [0.15, 0.2) is 11.4 Å². The summed E-state index contributed by atoms with van der Waals surface area (Å²) >= 11 is 0.877. The summed E-state index contributed by atoms with van der Waals surface area (Å²) < 4.78 is 0. The van der Waals surface area contributed by atoms with Crippen molar-refractivity contribution >= 4 is 28.2 Å². The molecule has 0 aliphatic carbocycles. The summed E-state index contributed by atoms with van der Waals surface area (Å²) in [7, 11) is 0. The van der Waals surface area contributed by atoms with Crippen molar-refractivity contribution in [1.29, 1.82) is 0 Å². The number of carboxylic acids is 1. The predicted molar refractivity (Wildman–Crippen MR) is 64.7 cm³/mol. The van der Waals surface area contributed by atoms with Crippen LogP contribution < -0.4 is 5.32 Å². The Morgan fingerprint density at radius 2 is 2.28 bits per heavy atom. The lowest BCUT2D eigenvalue weighted by molar-refractivity contribution is -0.380. The molecule has 1 atom stereocenters. The number of carbonyl (C=O) groups is 2. The Hall–Kier alpha value is -1.96. The van der Waals surface area contributed by atoms with Crippen LogP contribution >= 0.6 is 11.3 Å². The third-order valence-corrected chi connectivity index (χ3v) is 3.04. The number of hydrogen-bond donors (Lipinski definition) is 2. The summed E-state index contributed by atoms with van der Waals surface area (Å²) in [6.07, 6.45) is -0.0376.